The summed E-state index contributed by atoms with van der Waals surface area (Å²) in [7, 11) is 1.68. The quantitative estimate of drug-likeness (QED) is 0.881. The van der Waals surface area contributed by atoms with Crippen LogP contribution in [-0.4, -0.2) is 25.7 Å². The zero-order chi connectivity index (χ0) is 17.8. The number of hydrogen-bond acceptors (Lipinski definition) is 4. The number of benzene rings is 2. The summed E-state index contributed by atoms with van der Waals surface area (Å²) >= 11 is 6.18. The van der Waals surface area contributed by atoms with Crippen molar-refractivity contribution >= 4 is 17.3 Å². The van der Waals surface area contributed by atoms with Crippen molar-refractivity contribution in [1.29, 1.82) is 5.26 Å². The Morgan fingerprint density at radius 1 is 1.28 bits per heavy atom. The van der Waals surface area contributed by atoms with E-state index in [-0.39, 0.29) is 0 Å². The molecule has 0 aromatic heterocycles. The maximum Gasteiger partial charge on any atom is 0.118 e. The van der Waals surface area contributed by atoms with Gasteiger partial charge in [-0.2, -0.15) is 5.26 Å². The lowest BCUT2D eigenvalue weighted by atomic mass is 10.1. The highest BCUT2D eigenvalue weighted by molar-refractivity contribution is 6.32. The van der Waals surface area contributed by atoms with Crippen LogP contribution in [0.1, 0.15) is 24.5 Å². The molecule has 0 bridgehead atoms. The third-order valence-electron chi connectivity index (χ3n) is 4.89. The lowest BCUT2D eigenvalue weighted by Crippen LogP contribution is -2.40. The number of nitrogens with one attached hydrogen (secondary N) is 1. The molecule has 130 valence electrons. The number of nitriles is 1. The Bertz CT molecular complexity index is 770. The first kappa shape index (κ1) is 17.6. The van der Waals surface area contributed by atoms with Gasteiger partial charge in [0.1, 0.15) is 11.8 Å². The van der Waals surface area contributed by atoms with E-state index in [0.29, 0.717) is 22.7 Å². The van der Waals surface area contributed by atoms with Gasteiger partial charge >= 0.3 is 0 Å². The lowest BCUT2D eigenvalue weighted by molar-refractivity contribution is 0.414. The molecule has 0 unspecified atom stereocenters. The van der Waals surface area contributed by atoms with Gasteiger partial charge in [0, 0.05) is 30.9 Å². The zero-order valence-electron chi connectivity index (χ0n) is 14.5. The molecule has 0 amide bonds. The first-order chi connectivity index (χ1) is 12.1. The van der Waals surface area contributed by atoms with Crippen molar-refractivity contribution in [3.63, 3.8) is 0 Å². The SMILES string of the molecule is COc1ccc(CN[C@@H]2CCN(c3ccc(C#N)c(Cl)c3)[C@H]2C)cc1. The lowest BCUT2D eigenvalue weighted by Gasteiger charge is -2.27. The summed E-state index contributed by atoms with van der Waals surface area (Å²) in [6, 6.07) is 16.7. The van der Waals surface area contributed by atoms with Gasteiger partial charge in [-0.1, -0.05) is 23.7 Å². The van der Waals surface area contributed by atoms with Crippen LogP contribution in [0.5, 0.6) is 5.75 Å². The summed E-state index contributed by atoms with van der Waals surface area (Å²) in [6.07, 6.45) is 1.08. The van der Waals surface area contributed by atoms with Gasteiger partial charge < -0.3 is 15.0 Å². The highest BCUT2D eigenvalue weighted by Gasteiger charge is 2.30. The maximum absolute atomic E-state index is 9.01. The molecule has 25 heavy (non-hydrogen) atoms. The normalized spacial score (nSPS) is 19.7. The molecule has 1 fully saturated rings. The van der Waals surface area contributed by atoms with Crippen molar-refractivity contribution in [2.45, 2.75) is 32.0 Å². The number of methoxy groups -OCH3 is 1. The summed E-state index contributed by atoms with van der Waals surface area (Å²) in [6.45, 7) is 4.04. The van der Waals surface area contributed by atoms with Gasteiger partial charge in [0.25, 0.3) is 0 Å². The summed E-state index contributed by atoms with van der Waals surface area (Å²) in [5, 5.41) is 13.2. The fraction of sp³-hybridized carbons (Fsp3) is 0.350. The molecule has 0 saturated carbocycles. The largest absolute Gasteiger partial charge is 0.497 e. The van der Waals surface area contributed by atoms with Gasteiger partial charge in [-0.15, -0.1) is 0 Å². The fourth-order valence-electron chi connectivity index (χ4n) is 3.34. The molecule has 1 aliphatic heterocycles. The standard InChI is InChI=1S/C20H22ClN3O/c1-14-20(23-13-15-3-7-18(25-2)8-4-15)9-10-24(14)17-6-5-16(12-22)19(21)11-17/h3-8,11,14,20,23H,9-10,13H2,1-2H3/t14-,20+/m0/s1. The van der Waals surface area contributed by atoms with E-state index in [1.807, 2.05) is 24.3 Å². The molecule has 3 rings (SSSR count). The van der Waals surface area contributed by atoms with Crippen molar-refractivity contribution in [3.05, 3.63) is 58.6 Å². The smallest absolute Gasteiger partial charge is 0.118 e. The third-order valence-corrected chi connectivity index (χ3v) is 5.20. The average molecular weight is 356 g/mol. The van der Waals surface area contributed by atoms with E-state index in [2.05, 4.69) is 35.3 Å². The first-order valence-corrected chi connectivity index (χ1v) is 8.83. The van der Waals surface area contributed by atoms with Crippen LogP contribution in [-0.2, 0) is 6.54 Å². The van der Waals surface area contributed by atoms with Crippen LogP contribution in [0.2, 0.25) is 5.02 Å². The molecule has 0 radical (unpaired) electrons. The van der Waals surface area contributed by atoms with E-state index in [1.54, 1.807) is 13.2 Å². The highest BCUT2D eigenvalue weighted by atomic mass is 35.5. The first-order valence-electron chi connectivity index (χ1n) is 8.45. The number of anilines is 1. The molecule has 0 spiro atoms. The van der Waals surface area contributed by atoms with Crippen LogP contribution in [0.3, 0.4) is 0 Å². The molecule has 1 heterocycles. The van der Waals surface area contributed by atoms with Gasteiger partial charge in [0.2, 0.25) is 0 Å². The molecule has 0 aliphatic carbocycles. The Morgan fingerprint density at radius 3 is 2.68 bits per heavy atom. The Kier molecular flexibility index (Phi) is 5.47. The number of rotatable bonds is 5. The van der Waals surface area contributed by atoms with Crippen molar-refractivity contribution in [2.24, 2.45) is 0 Å². The van der Waals surface area contributed by atoms with E-state index in [9.17, 15) is 0 Å². The van der Waals surface area contributed by atoms with Crippen LogP contribution < -0.4 is 15.0 Å². The van der Waals surface area contributed by atoms with Crippen molar-refractivity contribution in [3.8, 4) is 11.8 Å². The Labute approximate surface area is 154 Å². The van der Waals surface area contributed by atoms with E-state index >= 15 is 0 Å². The van der Waals surface area contributed by atoms with E-state index < -0.39 is 0 Å². The second kappa shape index (κ2) is 7.77. The van der Waals surface area contributed by atoms with Crippen LogP contribution in [0, 0.1) is 11.3 Å². The minimum Gasteiger partial charge on any atom is -0.497 e. The monoisotopic (exact) mass is 355 g/mol. The third kappa shape index (κ3) is 3.89. The van der Waals surface area contributed by atoms with Crippen LogP contribution in [0.15, 0.2) is 42.5 Å². The fourth-order valence-corrected chi connectivity index (χ4v) is 3.56. The van der Waals surface area contributed by atoms with E-state index in [0.717, 1.165) is 30.9 Å². The van der Waals surface area contributed by atoms with Gasteiger partial charge in [0.05, 0.1) is 17.7 Å². The van der Waals surface area contributed by atoms with E-state index in [1.165, 1.54) is 5.56 Å². The van der Waals surface area contributed by atoms with Crippen molar-refractivity contribution in [2.75, 3.05) is 18.6 Å². The summed E-state index contributed by atoms with van der Waals surface area (Å²) in [5.74, 6) is 0.877. The maximum atomic E-state index is 9.01. The topological polar surface area (TPSA) is 48.3 Å². The molecule has 2 aromatic carbocycles. The molecular formula is C20H22ClN3O. The minimum atomic E-state index is 0.363. The number of hydrogen-bond donors (Lipinski definition) is 1. The van der Waals surface area contributed by atoms with E-state index in [4.69, 9.17) is 21.6 Å². The second-order valence-corrected chi connectivity index (χ2v) is 6.74. The molecule has 1 aliphatic rings. The minimum absolute atomic E-state index is 0.363. The predicted molar refractivity (Wildman–Crippen MR) is 101 cm³/mol. The van der Waals surface area contributed by atoms with Gasteiger partial charge in [-0.05, 0) is 49.2 Å². The van der Waals surface area contributed by atoms with Gasteiger partial charge in [-0.3, -0.25) is 0 Å². The molecule has 1 N–H and O–H groups in total. The molecule has 4 nitrogen and oxygen atoms in total. The summed E-state index contributed by atoms with van der Waals surface area (Å²) < 4.78 is 5.20. The molecule has 2 atom stereocenters. The molecule has 5 heteroatoms. The van der Waals surface area contributed by atoms with Crippen molar-refractivity contribution < 1.29 is 4.74 Å². The number of ether oxygens (including phenoxy) is 1. The molecular weight excluding hydrogens is 334 g/mol. The number of halogens is 1. The number of nitrogens with zero attached hydrogens (tertiary/aromatic N) is 2. The Morgan fingerprint density at radius 2 is 2.04 bits per heavy atom. The molecule has 2 aromatic rings. The van der Waals surface area contributed by atoms with Gasteiger partial charge in [-0.25, -0.2) is 0 Å². The highest BCUT2D eigenvalue weighted by Crippen LogP contribution is 2.29. The van der Waals surface area contributed by atoms with Gasteiger partial charge in [0.15, 0.2) is 0 Å². The van der Waals surface area contributed by atoms with Crippen molar-refractivity contribution in [1.82, 2.24) is 5.32 Å². The second-order valence-electron chi connectivity index (χ2n) is 6.33. The summed E-state index contributed by atoms with van der Waals surface area (Å²) in [5.41, 5.74) is 2.84. The van der Waals surface area contributed by atoms with Crippen LogP contribution in [0.4, 0.5) is 5.69 Å². The van der Waals surface area contributed by atoms with Crippen LogP contribution >= 0.6 is 11.6 Å². The predicted octanol–water partition coefficient (Wildman–Crippen LogP) is 3.98. The average Bonchev–Trinajstić information content (AvgIpc) is 3.01. The Hall–Kier alpha value is -2.22. The van der Waals surface area contributed by atoms with Crippen LogP contribution in [0.25, 0.3) is 0 Å². The zero-order valence-corrected chi connectivity index (χ0v) is 15.3. The molecule has 1 saturated heterocycles. The summed E-state index contributed by atoms with van der Waals surface area (Å²) in [4.78, 5) is 2.35. The Balaban J connectivity index is 1.62.